The quantitative estimate of drug-likeness (QED) is 0.460. The van der Waals surface area contributed by atoms with Crippen molar-refractivity contribution in [1.82, 2.24) is 14.9 Å². The van der Waals surface area contributed by atoms with Gasteiger partial charge in [-0.2, -0.15) is 0 Å². The molecule has 3 aromatic rings. The second kappa shape index (κ2) is 9.13. The van der Waals surface area contributed by atoms with Crippen LogP contribution in [0.1, 0.15) is 22.5 Å². The van der Waals surface area contributed by atoms with E-state index in [2.05, 4.69) is 32.6 Å². The van der Waals surface area contributed by atoms with Crippen molar-refractivity contribution in [1.29, 1.82) is 0 Å². The van der Waals surface area contributed by atoms with Crippen LogP contribution in [0.4, 0.5) is 4.39 Å². The van der Waals surface area contributed by atoms with Crippen LogP contribution in [-0.2, 0) is 6.42 Å². The molecule has 1 aromatic carbocycles. The normalized spacial score (nSPS) is 10.7. The average molecular weight is 495 g/mol. The minimum Gasteiger partial charge on any atom is -0.496 e. The molecule has 2 heterocycles. The maximum absolute atomic E-state index is 13.2. The first-order chi connectivity index (χ1) is 13.5. The zero-order valence-corrected chi connectivity index (χ0v) is 17.6. The molecule has 0 radical (unpaired) electrons. The average Bonchev–Trinajstić information content (AvgIpc) is 3.17. The second-order valence-electron chi connectivity index (χ2n) is 6.22. The first-order valence-electron chi connectivity index (χ1n) is 8.62. The van der Waals surface area contributed by atoms with Crippen molar-refractivity contribution in [2.75, 3.05) is 20.7 Å². The van der Waals surface area contributed by atoms with Crippen LogP contribution in [-0.4, -0.2) is 41.5 Å². The van der Waals surface area contributed by atoms with Crippen LogP contribution in [0, 0.1) is 9.39 Å². The lowest BCUT2D eigenvalue weighted by atomic mass is 10.1. The van der Waals surface area contributed by atoms with Gasteiger partial charge in [0, 0.05) is 25.4 Å². The molecule has 0 saturated carbocycles. The van der Waals surface area contributed by atoms with Gasteiger partial charge in [-0.3, -0.25) is 9.78 Å². The molecule has 28 heavy (non-hydrogen) atoms. The highest BCUT2D eigenvalue weighted by atomic mass is 127. The van der Waals surface area contributed by atoms with Gasteiger partial charge < -0.3 is 14.1 Å². The summed E-state index contributed by atoms with van der Waals surface area (Å²) in [6.07, 6.45) is 5.38. The molecule has 0 aliphatic heterocycles. The number of pyridine rings is 1. The van der Waals surface area contributed by atoms with Gasteiger partial charge in [0.25, 0.3) is 5.91 Å². The highest BCUT2D eigenvalue weighted by Crippen LogP contribution is 2.30. The third-order valence-electron chi connectivity index (χ3n) is 4.25. The standard InChI is InChI=1S/C20H19FIN3O3/c1-25(7-3-4-13-8-15(21)11-23-10-13)20(26)18-19(28-12-24-18)14-5-6-17(27-2)16(22)9-14/h5-6,8-12H,3-4,7H2,1-2H3. The van der Waals surface area contributed by atoms with E-state index in [9.17, 15) is 9.18 Å². The fraction of sp³-hybridized carbons (Fsp3) is 0.250. The zero-order chi connectivity index (χ0) is 20.1. The molecule has 146 valence electrons. The molecule has 0 bridgehead atoms. The van der Waals surface area contributed by atoms with Crippen LogP contribution < -0.4 is 4.74 Å². The minimum atomic E-state index is -0.358. The summed E-state index contributed by atoms with van der Waals surface area (Å²) in [5.74, 6) is 0.586. The number of rotatable bonds is 7. The van der Waals surface area contributed by atoms with Crippen molar-refractivity contribution >= 4 is 28.5 Å². The zero-order valence-electron chi connectivity index (χ0n) is 15.5. The van der Waals surface area contributed by atoms with Crippen molar-refractivity contribution in [3.05, 3.63) is 63.7 Å². The minimum absolute atomic E-state index is 0.230. The molecule has 0 N–H and O–H groups in total. The molecule has 0 unspecified atom stereocenters. The van der Waals surface area contributed by atoms with Crippen molar-refractivity contribution in [3.63, 3.8) is 0 Å². The Labute approximate surface area is 175 Å². The number of halogens is 2. The number of hydrogen-bond donors (Lipinski definition) is 0. The third kappa shape index (κ3) is 4.67. The molecule has 0 saturated heterocycles. The van der Waals surface area contributed by atoms with Gasteiger partial charge in [-0.25, -0.2) is 9.37 Å². The summed E-state index contributed by atoms with van der Waals surface area (Å²) in [4.78, 5) is 22.3. The van der Waals surface area contributed by atoms with E-state index in [4.69, 9.17) is 9.15 Å². The summed E-state index contributed by atoms with van der Waals surface area (Å²) < 4.78 is 24.9. The Morgan fingerprint density at radius 2 is 2.14 bits per heavy atom. The molecule has 3 rings (SSSR count). The number of nitrogens with zero attached hydrogens (tertiary/aromatic N) is 3. The number of hydrogen-bond acceptors (Lipinski definition) is 5. The number of carbonyl (C=O) groups is 1. The molecule has 0 spiro atoms. The summed E-state index contributed by atoms with van der Waals surface area (Å²) in [7, 11) is 3.32. The smallest absolute Gasteiger partial charge is 0.276 e. The summed E-state index contributed by atoms with van der Waals surface area (Å²) in [6, 6.07) is 6.99. The second-order valence-corrected chi connectivity index (χ2v) is 7.38. The summed E-state index contributed by atoms with van der Waals surface area (Å²) in [5.41, 5.74) is 1.82. The molecular weight excluding hydrogens is 476 g/mol. The fourth-order valence-corrected chi connectivity index (χ4v) is 3.54. The highest BCUT2D eigenvalue weighted by molar-refractivity contribution is 14.1. The lowest BCUT2D eigenvalue weighted by molar-refractivity contribution is 0.0788. The van der Waals surface area contributed by atoms with Gasteiger partial charge in [0.05, 0.1) is 16.9 Å². The molecule has 0 fully saturated rings. The first kappa shape index (κ1) is 20.2. The number of oxazole rings is 1. The molecule has 0 aliphatic rings. The van der Waals surface area contributed by atoms with Gasteiger partial charge in [-0.15, -0.1) is 0 Å². The van der Waals surface area contributed by atoms with Gasteiger partial charge in [0.2, 0.25) is 0 Å². The van der Waals surface area contributed by atoms with Gasteiger partial charge in [0.1, 0.15) is 11.6 Å². The summed E-state index contributed by atoms with van der Waals surface area (Å²) in [6.45, 7) is 0.502. The lowest BCUT2D eigenvalue weighted by Gasteiger charge is -2.16. The fourth-order valence-electron chi connectivity index (χ4n) is 2.81. The molecule has 2 aromatic heterocycles. The molecule has 1 amide bonds. The summed E-state index contributed by atoms with van der Waals surface area (Å²) >= 11 is 2.17. The monoisotopic (exact) mass is 495 g/mol. The number of aryl methyl sites for hydroxylation is 1. The SMILES string of the molecule is COc1ccc(-c2ocnc2C(=O)N(C)CCCc2cncc(F)c2)cc1I. The van der Waals surface area contributed by atoms with Crippen LogP contribution in [0.2, 0.25) is 0 Å². The van der Waals surface area contributed by atoms with Crippen LogP contribution in [0.25, 0.3) is 11.3 Å². The Bertz CT molecular complexity index is 977. The van der Waals surface area contributed by atoms with E-state index in [0.29, 0.717) is 25.1 Å². The number of benzene rings is 1. The molecular formula is C20H19FIN3O3. The van der Waals surface area contributed by atoms with E-state index in [-0.39, 0.29) is 17.4 Å². The Kier molecular flexibility index (Phi) is 6.61. The van der Waals surface area contributed by atoms with E-state index < -0.39 is 0 Å². The molecule has 0 atom stereocenters. The van der Waals surface area contributed by atoms with Crippen molar-refractivity contribution in [2.24, 2.45) is 0 Å². The number of aromatic nitrogens is 2. The Morgan fingerprint density at radius 3 is 2.86 bits per heavy atom. The van der Waals surface area contributed by atoms with E-state index in [0.717, 1.165) is 20.4 Å². The largest absolute Gasteiger partial charge is 0.496 e. The predicted molar refractivity (Wildman–Crippen MR) is 111 cm³/mol. The highest BCUT2D eigenvalue weighted by Gasteiger charge is 2.22. The molecule has 0 aliphatic carbocycles. The van der Waals surface area contributed by atoms with Gasteiger partial charge in [-0.05, 0) is 65.3 Å². The van der Waals surface area contributed by atoms with Crippen LogP contribution in [0.3, 0.4) is 0 Å². The predicted octanol–water partition coefficient (Wildman–Crippen LogP) is 4.19. The number of ether oxygens (including phenoxy) is 1. The third-order valence-corrected chi connectivity index (χ3v) is 5.09. The Balaban J connectivity index is 1.67. The van der Waals surface area contributed by atoms with Gasteiger partial charge in [0.15, 0.2) is 17.8 Å². The lowest BCUT2D eigenvalue weighted by Crippen LogP contribution is -2.28. The number of amides is 1. The Hall–Kier alpha value is -2.49. The molecule has 6 nitrogen and oxygen atoms in total. The maximum atomic E-state index is 13.2. The van der Waals surface area contributed by atoms with Crippen molar-refractivity contribution in [2.45, 2.75) is 12.8 Å². The number of methoxy groups -OCH3 is 1. The van der Waals surface area contributed by atoms with E-state index in [1.165, 1.54) is 18.7 Å². The van der Waals surface area contributed by atoms with Gasteiger partial charge in [-0.1, -0.05) is 0 Å². The van der Waals surface area contributed by atoms with Crippen molar-refractivity contribution < 1.29 is 18.3 Å². The topological polar surface area (TPSA) is 68.5 Å². The molecule has 8 heteroatoms. The van der Waals surface area contributed by atoms with Gasteiger partial charge >= 0.3 is 0 Å². The first-order valence-corrected chi connectivity index (χ1v) is 9.69. The van der Waals surface area contributed by atoms with E-state index in [1.807, 2.05) is 18.2 Å². The van der Waals surface area contributed by atoms with E-state index in [1.54, 1.807) is 25.3 Å². The van der Waals surface area contributed by atoms with Crippen LogP contribution in [0.15, 0.2) is 47.5 Å². The summed E-state index contributed by atoms with van der Waals surface area (Å²) in [5, 5.41) is 0. The van der Waals surface area contributed by atoms with Crippen molar-refractivity contribution in [3.8, 4) is 17.1 Å². The Morgan fingerprint density at radius 1 is 1.32 bits per heavy atom. The maximum Gasteiger partial charge on any atom is 0.276 e. The number of carbonyl (C=O) groups excluding carboxylic acids is 1. The van der Waals surface area contributed by atoms with E-state index >= 15 is 0 Å². The van der Waals surface area contributed by atoms with Crippen LogP contribution in [0.5, 0.6) is 5.75 Å². The van der Waals surface area contributed by atoms with Crippen LogP contribution >= 0.6 is 22.6 Å².